The van der Waals surface area contributed by atoms with Gasteiger partial charge in [-0.15, -0.1) is 0 Å². The molecule has 204 valence electrons. The van der Waals surface area contributed by atoms with Crippen molar-refractivity contribution in [1.82, 2.24) is 15.3 Å². The van der Waals surface area contributed by atoms with Crippen LogP contribution in [0.15, 0.2) is 85.0 Å². The Balaban J connectivity index is 1.52. The van der Waals surface area contributed by atoms with Gasteiger partial charge in [-0.1, -0.05) is 79.6 Å². The molecule has 1 aliphatic carbocycles. The topological polar surface area (TPSA) is 104 Å². The standard InChI is InChI=1S/C32H30ClN3O4/c1-3-9-25(21-10-4-7-15-28(21)40-2)36-31(37)19-16-17-20(23(18-19)32(38)39)29-22(11-8-12-24(29)33)30-34-26-13-5-6-14-27(26)35-30/h4-8,10-18,21,25,28H,3,9H2,1-2H3,(H,34,35)(H,36,37)(H,38,39). The molecule has 0 aliphatic heterocycles. The van der Waals surface area contributed by atoms with Gasteiger partial charge in [-0.3, -0.25) is 4.79 Å². The number of halogens is 1. The molecule has 0 radical (unpaired) electrons. The van der Waals surface area contributed by atoms with Crippen molar-refractivity contribution in [3.05, 3.63) is 101 Å². The number of H-pyrrole nitrogens is 1. The summed E-state index contributed by atoms with van der Waals surface area (Å²) in [5.41, 5.74) is 3.45. The molecule has 0 spiro atoms. The van der Waals surface area contributed by atoms with Gasteiger partial charge < -0.3 is 20.1 Å². The summed E-state index contributed by atoms with van der Waals surface area (Å²) in [5, 5.41) is 13.7. The number of aromatic nitrogens is 2. The Hall–Kier alpha value is -4.20. The Morgan fingerprint density at radius 2 is 1.88 bits per heavy atom. The SMILES string of the molecule is CCCC(NC(=O)c1ccc(-c2c(Cl)cccc2-c2nc3ccccc3[nH]2)c(C(=O)O)c1)C1C=CC=CC1OC. The lowest BCUT2D eigenvalue weighted by Crippen LogP contribution is -2.44. The zero-order chi connectivity index (χ0) is 28.2. The quantitative estimate of drug-likeness (QED) is 0.208. The van der Waals surface area contributed by atoms with Gasteiger partial charge in [0.15, 0.2) is 0 Å². The number of rotatable bonds is 9. The average Bonchev–Trinajstić information content (AvgIpc) is 3.41. The van der Waals surface area contributed by atoms with Crippen LogP contribution in [0, 0.1) is 5.92 Å². The number of hydrogen-bond acceptors (Lipinski definition) is 4. The van der Waals surface area contributed by atoms with Gasteiger partial charge in [0, 0.05) is 40.8 Å². The highest BCUT2D eigenvalue weighted by atomic mass is 35.5. The van der Waals surface area contributed by atoms with Crippen molar-refractivity contribution in [2.24, 2.45) is 5.92 Å². The van der Waals surface area contributed by atoms with Gasteiger partial charge in [-0.2, -0.15) is 0 Å². The summed E-state index contributed by atoms with van der Waals surface area (Å²) in [6.45, 7) is 2.06. The molecule has 0 bridgehead atoms. The number of para-hydroxylation sites is 2. The van der Waals surface area contributed by atoms with E-state index in [0.717, 1.165) is 23.9 Å². The molecular weight excluding hydrogens is 526 g/mol. The number of fused-ring (bicyclic) bond motifs is 1. The summed E-state index contributed by atoms with van der Waals surface area (Å²) in [5.74, 6) is -0.972. The van der Waals surface area contributed by atoms with Crippen molar-refractivity contribution in [3.63, 3.8) is 0 Å². The minimum Gasteiger partial charge on any atom is -0.478 e. The molecule has 0 saturated heterocycles. The van der Waals surface area contributed by atoms with Crippen molar-refractivity contribution in [2.45, 2.75) is 31.9 Å². The molecule has 5 rings (SSSR count). The monoisotopic (exact) mass is 555 g/mol. The largest absolute Gasteiger partial charge is 0.478 e. The van der Waals surface area contributed by atoms with Crippen LogP contribution in [0.2, 0.25) is 5.02 Å². The number of nitrogens with one attached hydrogen (secondary N) is 2. The maximum Gasteiger partial charge on any atom is 0.336 e. The fourth-order valence-electron chi connectivity index (χ4n) is 5.28. The molecule has 3 atom stereocenters. The lowest BCUT2D eigenvalue weighted by molar-refractivity contribution is 0.0697. The maximum absolute atomic E-state index is 13.4. The first-order chi connectivity index (χ1) is 19.4. The number of amides is 1. The Labute approximate surface area is 237 Å². The van der Waals surface area contributed by atoms with Crippen molar-refractivity contribution in [1.29, 1.82) is 0 Å². The normalized spacial score (nSPS) is 17.2. The van der Waals surface area contributed by atoms with E-state index >= 15 is 0 Å². The lowest BCUT2D eigenvalue weighted by Gasteiger charge is -2.31. The van der Waals surface area contributed by atoms with Crippen LogP contribution in [0.1, 0.15) is 40.5 Å². The zero-order valence-electron chi connectivity index (χ0n) is 22.2. The van der Waals surface area contributed by atoms with Crippen LogP contribution < -0.4 is 5.32 Å². The molecule has 0 fully saturated rings. The van der Waals surface area contributed by atoms with Crippen LogP contribution in [0.3, 0.4) is 0 Å². The number of ether oxygens (including phenoxy) is 1. The highest BCUT2D eigenvalue weighted by molar-refractivity contribution is 6.34. The molecule has 8 heteroatoms. The number of benzene rings is 3. The smallest absolute Gasteiger partial charge is 0.336 e. The number of carboxylic acids is 1. The molecule has 40 heavy (non-hydrogen) atoms. The predicted molar refractivity (Wildman–Crippen MR) is 158 cm³/mol. The summed E-state index contributed by atoms with van der Waals surface area (Å²) >= 11 is 6.67. The van der Waals surface area contributed by atoms with Gasteiger partial charge in [0.2, 0.25) is 0 Å². The first-order valence-electron chi connectivity index (χ1n) is 13.2. The Morgan fingerprint density at radius 1 is 1.07 bits per heavy atom. The van der Waals surface area contributed by atoms with Crippen LogP contribution in [0.5, 0.6) is 0 Å². The predicted octanol–water partition coefficient (Wildman–Crippen LogP) is 6.90. The van der Waals surface area contributed by atoms with Crippen molar-refractivity contribution < 1.29 is 19.4 Å². The highest BCUT2D eigenvalue weighted by Gasteiger charge is 2.29. The number of aromatic amines is 1. The minimum absolute atomic E-state index is 0.0274. The zero-order valence-corrected chi connectivity index (χ0v) is 23.0. The molecule has 1 aliphatic rings. The van der Waals surface area contributed by atoms with Gasteiger partial charge in [0.25, 0.3) is 5.91 Å². The lowest BCUT2D eigenvalue weighted by atomic mass is 9.87. The number of allylic oxidation sites excluding steroid dienone is 2. The fourth-order valence-corrected chi connectivity index (χ4v) is 5.56. The number of aromatic carboxylic acids is 1. The molecule has 3 N–H and O–H groups in total. The number of methoxy groups -OCH3 is 1. The molecule has 3 aromatic carbocycles. The third-order valence-electron chi connectivity index (χ3n) is 7.22. The summed E-state index contributed by atoms with van der Waals surface area (Å²) < 4.78 is 5.62. The third-order valence-corrected chi connectivity index (χ3v) is 7.53. The van der Waals surface area contributed by atoms with E-state index in [1.807, 2.05) is 54.6 Å². The molecule has 4 aromatic rings. The highest BCUT2D eigenvalue weighted by Crippen LogP contribution is 2.39. The van der Waals surface area contributed by atoms with Crippen LogP contribution in [0.4, 0.5) is 0 Å². The molecule has 1 aromatic heterocycles. The molecule has 1 heterocycles. The molecule has 3 unspecified atom stereocenters. The summed E-state index contributed by atoms with van der Waals surface area (Å²) in [6, 6.07) is 17.5. The fraction of sp³-hybridized carbons (Fsp3) is 0.219. The summed E-state index contributed by atoms with van der Waals surface area (Å²) in [7, 11) is 1.65. The number of carboxylic acid groups (broad SMARTS) is 1. The van der Waals surface area contributed by atoms with Crippen molar-refractivity contribution >= 4 is 34.5 Å². The minimum atomic E-state index is -1.16. The van der Waals surface area contributed by atoms with Gasteiger partial charge in [0.1, 0.15) is 5.82 Å². The van der Waals surface area contributed by atoms with E-state index in [0.29, 0.717) is 27.5 Å². The van der Waals surface area contributed by atoms with Crippen LogP contribution in [-0.2, 0) is 4.74 Å². The van der Waals surface area contributed by atoms with E-state index in [2.05, 4.69) is 17.2 Å². The van der Waals surface area contributed by atoms with Crippen LogP contribution >= 0.6 is 11.6 Å². The van der Waals surface area contributed by atoms with E-state index in [-0.39, 0.29) is 35.1 Å². The van der Waals surface area contributed by atoms with E-state index in [1.165, 1.54) is 6.07 Å². The van der Waals surface area contributed by atoms with E-state index < -0.39 is 5.97 Å². The van der Waals surface area contributed by atoms with Gasteiger partial charge >= 0.3 is 5.97 Å². The van der Waals surface area contributed by atoms with Crippen LogP contribution in [-0.4, -0.2) is 46.2 Å². The third kappa shape index (κ3) is 5.43. The first-order valence-corrected chi connectivity index (χ1v) is 13.6. The number of carbonyl (C=O) groups excluding carboxylic acids is 1. The van der Waals surface area contributed by atoms with Gasteiger partial charge in [0.05, 0.1) is 22.7 Å². The molecular formula is C32H30ClN3O4. The van der Waals surface area contributed by atoms with Crippen molar-refractivity contribution in [2.75, 3.05) is 7.11 Å². The van der Waals surface area contributed by atoms with E-state index in [9.17, 15) is 14.7 Å². The molecule has 1 amide bonds. The Kier molecular flexibility index (Phi) is 8.14. The Morgan fingerprint density at radius 3 is 2.62 bits per heavy atom. The molecule has 0 saturated carbocycles. The van der Waals surface area contributed by atoms with Gasteiger partial charge in [-0.05, 0) is 42.3 Å². The summed E-state index contributed by atoms with van der Waals surface area (Å²) in [6.07, 6.45) is 9.36. The van der Waals surface area contributed by atoms with E-state index in [1.54, 1.807) is 31.4 Å². The molecule has 7 nitrogen and oxygen atoms in total. The van der Waals surface area contributed by atoms with Gasteiger partial charge in [-0.25, -0.2) is 9.78 Å². The second kappa shape index (κ2) is 11.9. The number of imidazole rings is 1. The van der Waals surface area contributed by atoms with E-state index in [4.69, 9.17) is 21.3 Å². The maximum atomic E-state index is 13.4. The number of nitrogens with zero attached hydrogens (tertiary/aromatic N) is 1. The second-order valence-corrected chi connectivity index (χ2v) is 10.2. The number of hydrogen-bond donors (Lipinski definition) is 3. The Bertz CT molecular complexity index is 1590. The van der Waals surface area contributed by atoms with Crippen molar-refractivity contribution in [3.8, 4) is 22.5 Å². The van der Waals surface area contributed by atoms with Crippen LogP contribution in [0.25, 0.3) is 33.5 Å². The first kappa shape index (κ1) is 27.4. The second-order valence-electron chi connectivity index (χ2n) is 9.75. The average molecular weight is 556 g/mol. The number of carbonyl (C=O) groups is 2. The summed E-state index contributed by atoms with van der Waals surface area (Å²) in [4.78, 5) is 33.9.